The molecule has 1 rings (SSSR count). The number of hydrogen-bond donors (Lipinski definition) is 3. The number of primary amides is 1. The Hall–Kier alpha value is -1.82. The first kappa shape index (κ1) is 13.2. The molecule has 0 aliphatic carbocycles. The van der Waals surface area contributed by atoms with E-state index in [1.165, 1.54) is 0 Å². The number of nitrogens with zero attached hydrogens (tertiary/aromatic N) is 2. The highest BCUT2D eigenvalue weighted by Gasteiger charge is 2.07. The molecule has 0 unspecified atom stereocenters. The molecule has 6 nitrogen and oxygen atoms in total. The number of urea groups is 1. The van der Waals surface area contributed by atoms with Gasteiger partial charge in [-0.25, -0.2) is 14.8 Å². The number of nitrogens with two attached hydrogens (primary N) is 1. The maximum absolute atomic E-state index is 10.8. The van der Waals surface area contributed by atoms with Crippen LogP contribution in [0.2, 0.25) is 5.02 Å². The van der Waals surface area contributed by atoms with Gasteiger partial charge in [-0.05, 0) is 26.0 Å². The third-order valence-electron chi connectivity index (χ3n) is 1.62. The van der Waals surface area contributed by atoms with Gasteiger partial charge in [-0.3, -0.25) is 5.32 Å². The van der Waals surface area contributed by atoms with Crippen molar-refractivity contribution in [2.75, 3.05) is 5.32 Å². The van der Waals surface area contributed by atoms with Crippen molar-refractivity contribution in [1.29, 1.82) is 0 Å². The second kappa shape index (κ2) is 6.05. The number of pyridine rings is 1. The number of nitrogens with one attached hydrogen (secondary N) is 2. The lowest BCUT2D eigenvalue weighted by Crippen LogP contribution is -2.40. The van der Waals surface area contributed by atoms with Crippen molar-refractivity contribution in [2.24, 2.45) is 10.7 Å². The summed E-state index contributed by atoms with van der Waals surface area (Å²) >= 11 is 5.92. The van der Waals surface area contributed by atoms with E-state index in [0.29, 0.717) is 10.8 Å². The second-order valence-electron chi connectivity index (χ2n) is 3.52. The maximum Gasteiger partial charge on any atom is 0.318 e. The summed E-state index contributed by atoms with van der Waals surface area (Å²) in [6.07, 6.45) is 1.57. The van der Waals surface area contributed by atoms with Crippen molar-refractivity contribution in [1.82, 2.24) is 10.3 Å². The second-order valence-corrected chi connectivity index (χ2v) is 3.93. The van der Waals surface area contributed by atoms with Crippen molar-refractivity contribution < 1.29 is 4.79 Å². The number of hydrogen-bond acceptors (Lipinski definition) is 3. The highest BCUT2D eigenvalue weighted by atomic mass is 35.5. The Morgan fingerprint density at radius 1 is 1.59 bits per heavy atom. The fraction of sp³-hybridized carbons (Fsp3) is 0.300. The van der Waals surface area contributed by atoms with E-state index in [4.69, 9.17) is 17.3 Å². The molecule has 0 radical (unpaired) electrons. The Morgan fingerprint density at radius 3 is 2.82 bits per heavy atom. The minimum atomic E-state index is -0.705. The first-order valence-electron chi connectivity index (χ1n) is 5.01. The van der Waals surface area contributed by atoms with Crippen LogP contribution in [0.15, 0.2) is 23.3 Å². The number of rotatable bonds is 2. The van der Waals surface area contributed by atoms with E-state index in [2.05, 4.69) is 20.6 Å². The van der Waals surface area contributed by atoms with E-state index < -0.39 is 6.03 Å². The topological polar surface area (TPSA) is 92.4 Å². The molecule has 0 fully saturated rings. The maximum atomic E-state index is 10.8. The summed E-state index contributed by atoms with van der Waals surface area (Å²) in [5, 5.41) is 5.60. The van der Waals surface area contributed by atoms with Gasteiger partial charge in [0.25, 0.3) is 0 Å². The van der Waals surface area contributed by atoms with Gasteiger partial charge >= 0.3 is 6.03 Å². The number of carbonyl (C=O) groups excluding carboxylic acids is 1. The summed E-state index contributed by atoms with van der Waals surface area (Å²) in [5.41, 5.74) is 5.04. The lowest BCUT2D eigenvalue weighted by atomic mass is 10.4. The van der Waals surface area contributed by atoms with E-state index in [-0.39, 0.29) is 12.0 Å². The van der Waals surface area contributed by atoms with Crippen LogP contribution in [0.5, 0.6) is 0 Å². The van der Waals surface area contributed by atoms with E-state index in [0.717, 1.165) is 0 Å². The molecule has 0 spiro atoms. The molecule has 0 atom stereocenters. The van der Waals surface area contributed by atoms with Crippen molar-refractivity contribution >= 4 is 29.4 Å². The molecule has 7 heteroatoms. The summed E-state index contributed by atoms with van der Waals surface area (Å²) in [4.78, 5) is 19.0. The summed E-state index contributed by atoms with van der Waals surface area (Å²) < 4.78 is 0. The van der Waals surface area contributed by atoms with Gasteiger partial charge in [0.1, 0.15) is 0 Å². The quantitative estimate of drug-likeness (QED) is 0.553. The average Bonchev–Trinajstić information content (AvgIpc) is 2.19. The molecule has 92 valence electrons. The standard InChI is InChI=1S/C10H14ClN5O/c1-6(2)14-10(16-9(12)17)15-8-7(11)4-3-5-13-8/h3-6H,1-2H3,(H4,12,13,14,15,16,17). The fourth-order valence-corrected chi connectivity index (χ4v) is 1.23. The average molecular weight is 256 g/mol. The highest BCUT2D eigenvalue weighted by molar-refractivity contribution is 6.33. The summed E-state index contributed by atoms with van der Waals surface area (Å²) in [6.45, 7) is 3.73. The third kappa shape index (κ3) is 4.69. The van der Waals surface area contributed by atoms with Crippen molar-refractivity contribution in [2.45, 2.75) is 19.9 Å². The first-order chi connectivity index (χ1) is 7.99. The normalized spacial score (nSPS) is 11.4. The van der Waals surface area contributed by atoms with Gasteiger partial charge < -0.3 is 11.1 Å². The molecule has 1 aromatic heterocycles. The third-order valence-corrected chi connectivity index (χ3v) is 1.93. The molecule has 0 saturated carbocycles. The van der Waals surface area contributed by atoms with Crippen LogP contribution in [0.3, 0.4) is 0 Å². The summed E-state index contributed by atoms with van der Waals surface area (Å²) in [5.74, 6) is 0.621. The van der Waals surface area contributed by atoms with Crippen LogP contribution >= 0.6 is 11.6 Å². The minimum Gasteiger partial charge on any atom is -0.351 e. The van der Waals surface area contributed by atoms with Gasteiger partial charge in [-0.2, -0.15) is 0 Å². The Morgan fingerprint density at radius 2 is 2.29 bits per heavy atom. The van der Waals surface area contributed by atoms with Gasteiger partial charge in [-0.15, -0.1) is 0 Å². The molecule has 1 heterocycles. The predicted octanol–water partition coefficient (Wildman–Crippen LogP) is 1.58. The molecule has 4 N–H and O–H groups in total. The minimum absolute atomic E-state index is 0.00756. The van der Waals surface area contributed by atoms with Crippen LogP contribution in [0, 0.1) is 0 Å². The lowest BCUT2D eigenvalue weighted by Gasteiger charge is -2.11. The highest BCUT2D eigenvalue weighted by Crippen LogP contribution is 2.16. The van der Waals surface area contributed by atoms with Crippen LogP contribution in [0.1, 0.15) is 13.8 Å². The Kier molecular flexibility index (Phi) is 4.71. The van der Waals surface area contributed by atoms with Gasteiger partial charge in [0, 0.05) is 12.2 Å². The van der Waals surface area contributed by atoms with Gasteiger partial charge in [0.05, 0.1) is 5.02 Å². The van der Waals surface area contributed by atoms with Crippen LogP contribution in [0.25, 0.3) is 0 Å². The zero-order valence-corrected chi connectivity index (χ0v) is 10.3. The smallest absolute Gasteiger partial charge is 0.318 e. The largest absolute Gasteiger partial charge is 0.351 e. The number of amides is 2. The van der Waals surface area contributed by atoms with Gasteiger partial charge in [0.2, 0.25) is 5.96 Å². The first-order valence-corrected chi connectivity index (χ1v) is 5.38. The number of aromatic nitrogens is 1. The predicted molar refractivity (Wildman–Crippen MR) is 68.2 cm³/mol. The van der Waals surface area contributed by atoms with Crippen LogP contribution in [-0.2, 0) is 0 Å². The van der Waals surface area contributed by atoms with Crippen molar-refractivity contribution in [3.05, 3.63) is 23.4 Å². The Labute approximate surface area is 104 Å². The van der Waals surface area contributed by atoms with E-state index in [1.807, 2.05) is 13.8 Å². The Bertz CT molecular complexity index is 432. The summed E-state index contributed by atoms with van der Waals surface area (Å²) in [7, 11) is 0. The molecule has 2 amide bonds. The molecule has 0 saturated heterocycles. The SMILES string of the molecule is CC(C)N=C(NC(N)=O)Nc1ncccc1Cl. The molecular formula is C10H14ClN5O. The van der Waals surface area contributed by atoms with E-state index in [1.54, 1.807) is 18.3 Å². The number of aliphatic imine (C=N–C) groups is 1. The van der Waals surface area contributed by atoms with Crippen LogP contribution in [0.4, 0.5) is 10.6 Å². The lowest BCUT2D eigenvalue weighted by molar-refractivity contribution is 0.253. The molecule has 0 aliphatic rings. The molecule has 0 bridgehead atoms. The molecule has 0 aromatic carbocycles. The van der Waals surface area contributed by atoms with Crippen LogP contribution in [-0.4, -0.2) is 23.0 Å². The number of guanidine groups is 1. The molecule has 0 aliphatic heterocycles. The zero-order chi connectivity index (χ0) is 12.8. The van der Waals surface area contributed by atoms with Crippen molar-refractivity contribution in [3.63, 3.8) is 0 Å². The van der Waals surface area contributed by atoms with Crippen LogP contribution < -0.4 is 16.4 Å². The van der Waals surface area contributed by atoms with Crippen molar-refractivity contribution in [3.8, 4) is 0 Å². The van der Waals surface area contributed by atoms with E-state index >= 15 is 0 Å². The molecule has 1 aromatic rings. The van der Waals surface area contributed by atoms with Gasteiger partial charge in [0.15, 0.2) is 5.82 Å². The number of halogens is 1. The molecule has 17 heavy (non-hydrogen) atoms. The van der Waals surface area contributed by atoms with E-state index in [9.17, 15) is 4.79 Å². The number of anilines is 1. The van der Waals surface area contributed by atoms with Gasteiger partial charge in [-0.1, -0.05) is 11.6 Å². The zero-order valence-electron chi connectivity index (χ0n) is 9.57. The monoisotopic (exact) mass is 255 g/mol. The fourth-order valence-electron chi connectivity index (χ4n) is 1.06. The molecular weight excluding hydrogens is 242 g/mol. The summed E-state index contributed by atoms with van der Waals surface area (Å²) in [6, 6.07) is 2.67. The number of carbonyl (C=O) groups is 1. The Balaban J connectivity index is 2.87.